The summed E-state index contributed by atoms with van der Waals surface area (Å²) in [5.74, 6) is 0.534. The number of nitrogens with zero attached hydrogens (tertiary/aromatic N) is 4. The van der Waals surface area contributed by atoms with Gasteiger partial charge in [0.05, 0.1) is 22.5 Å². The molecule has 0 saturated heterocycles. The van der Waals surface area contributed by atoms with Crippen LogP contribution in [0.4, 0.5) is 0 Å². The first-order valence-electron chi connectivity index (χ1n) is 9.63. The summed E-state index contributed by atoms with van der Waals surface area (Å²) in [7, 11) is 0. The smallest absolute Gasteiger partial charge is 0.278 e. The Bertz CT molecular complexity index is 1200. The third kappa shape index (κ3) is 3.73. The summed E-state index contributed by atoms with van der Waals surface area (Å²) in [6, 6.07) is 14.4. The topological polar surface area (TPSA) is 106 Å². The number of carbonyl (C=O) groups excluding carboxylic acids is 1. The molecule has 2 N–H and O–H groups in total. The summed E-state index contributed by atoms with van der Waals surface area (Å²) in [6.45, 7) is 3.91. The van der Waals surface area contributed by atoms with E-state index in [4.69, 9.17) is 0 Å². The molecule has 148 valence electrons. The van der Waals surface area contributed by atoms with Gasteiger partial charge in [-0.1, -0.05) is 49.7 Å². The first kappa shape index (κ1) is 18.8. The fraction of sp³-hybridized carbons (Fsp3) is 0.286. The Morgan fingerprint density at radius 3 is 2.62 bits per heavy atom. The first-order chi connectivity index (χ1) is 14.1. The van der Waals surface area contributed by atoms with Crippen molar-refractivity contribution < 1.29 is 4.79 Å². The summed E-state index contributed by atoms with van der Waals surface area (Å²) in [4.78, 5) is 33.3. The highest BCUT2D eigenvalue weighted by molar-refractivity contribution is 5.79. The molecule has 8 heteroatoms. The van der Waals surface area contributed by atoms with Gasteiger partial charge in [0.1, 0.15) is 17.9 Å². The van der Waals surface area contributed by atoms with Crippen molar-refractivity contribution in [2.75, 3.05) is 0 Å². The van der Waals surface area contributed by atoms with E-state index in [0.29, 0.717) is 16.7 Å². The molecule has 0 spiro atoms. The molecule has 1 amide bonds. The van der Waals surface area contributed by atoms with Gasteiger partial charge in [-0.05, 0) is 30.2 Å². The van der Waals surface area contributed by atoms with Gasteiger partial charge in [0, 0.05) is 0 Å². The van der Waals surface area contributed by atoms with E-state index < -0.39 is 0 Å². The number of rotatable bonds is 6. The molecule has 4 rings (SSSR count). The second-order valence-corrected chi connectivity index (χ2v) is 7.14. The summed E-state index contributed by atoms with van der Waals surface area (Å²) in [5.41, 5.74) is 1.94. The number of aromatic nitrogens is 5. The van der Waals surface area contributed by atoms with Crippen molar-refractivity contribution in [1.29, 1.82) is 0 Å². The summed E-state index contributed by atoms with van der Waals surface area (Å²) in [5, 5.41) is 11.4. The molecule has 0 aliphatic rings. The molecule has 0 bridgehead atoms. The lowest BCUT2D eigenvalue weighted by molar-refractivity contribution is -0.123. The van der Waals surface area contributed by atoms with Crippen molar-refractivity contribution in [3.8, 4) is 0 Å². The van der Waals surface area contributed by atoms with E-state index in [1.165, 1.54) is 0 Å². The fourth-order valence-electron chi connectivity index (χ4n) is 3.32. The third-order valence-corrected chi connectivity index (χ3v) is 5.15. The van der Waals surface area contributed by atoms with Crippen LogP contribution in [0.25, 0.3) is 21.9 Å². The monoisotopic (exact) mass is 390 g/mol. The Hall–Kier alpha value is -3.55. The molecule has 29 heavy (non-hydrogen) atoms. The van der Waals surface area contributed by atoms with Crippen molar-refractivity contribution in [2.45, 2.75) is 32.9 Å². The van der Waals surface area contributed by atoms with E-state index in [1.54, 1.807) is 24.3 Å². The van der Waals surface area contributed by atoms with Crippen LogP contribution in [-0.4, -0.2) is 30.9 Å². The van der Waals surface area contributed by atoms with Crippen LogP contribution in [0.1, 0.15) is 32.1 Å². The molecule has 0 aliphatic carbocycles. The fourth-order valence-corrected chi connectivity index (χ4v) is 3.32. The van der Waals surface area contributed by atoms with Crippen LogP contribution in [0.15, 0.2) is 53.3 Å². The predicted octanol–water partition coefficient (Wildman–Crippen LogP) is 2.57. The zero-order chi connectivity index (χ0) is 20.4. The van der Waals surface area contributed by atoms with Crippen LogP contribution in [-0.2, 0) is 11.3 Å². The minimum Gasteiger partial charge on any atom is -0.344 e. The summed E-state index contributed by atoms with van der Waals surface area (Å²) in [6.07, 6.45) is 0.859. The van der Waals surface area contributed by atoms with Gasteiger partial charge in [-0.25, -0.2) is 9.67 Å². The quantitative estimate of drug-likeness (QED) is 0.526. The van der Waals surface area contributed by atoms with Crippen molar-refractivity contribution in [3.05, 3.63) is 64.7 Å². The van der Waals surface area contributed by atoms with Gasteiger partial charge in [-0.3, -0.25) is 9.59 Å². The number of nitrogens with one attached hydrogen (secondary N) is 2. The number of para-hydroxylation sites is 2. The van der Waals surface area contributed by atoms with Crippen LogP contribution in [0, 0.1) is 5.92 Å². The van der Waals surface area contributed by atoms with Crippen LogP contribution in [0.3, 0.4) is 0 Å². The highest BCUT2D eigenvalue weighted by Gasteiger charge is 2.24. The lowest BCUT2D eigenvalue weighted by Gasteiger charge is -2.22. The van der Waals surface area contributed by atoms with Gasteiger partial charge < -0.3 is 10.3 Å². The summed E-state index contributed by atoms with van der Waals surface area (Å²) >= 11 is 0. The number of imidazole rings is 1. The van der Waals surface area contributed by atoms with Crippen LogP contribution in [0.5, 0.6) is 0 Å². The molecule has 4 aromatic rings. The molecule has 2 aromatic carbocycles. The number of benzene rings is 2. The largest absolute Gasteiger partial charge is 0.344 e. The Balaban J connectivity index is 1.59. The molecule has 2 atom stereocenters. The number of carbonyl (C=O) groups is 1. The Labute approximate surface area is 167 Å². The number of hydrogen-bond acceptors (Lipinski definition) is 5. The van der Waals surface area contributed by atoms with E-state index in [1.807, 2.05) is 24.3 Å². The summed E-state index contributed by atoms with van der Waals surface area (Å²) < 4.78 is 1.09. The second kappa shape index (κ2) is 7.83. The number of H-pyrrole nitrogens is 1. The second-order valence-electron chi connectivity index (χ2n) is 7.14. The lowest BCUT2D eigenvalue weighted by atomic mass is 9.98. The lowest BCUT2D eigenvalue weighted by Crippen LogP contribution is -2.38. The Kier molecular flexibility index (Phi) is 5.07. The highest BCUT2D eigenvalue weighted by Crippen LogP contribution is 2.24. The van der Waals surface area contributed by atoms with Gasteiger partial charge in [-0.2, -0.15) is 0 Å². The van der Waals surface area contributed by atoms with Crippen molar-refractivity contribution in [2.24, 2.45) is 5.92 Å². The molecule has 2 aromatic heterocycles. The maximum Gasteiger partial charge on any atom is 0.278 e. The van der Waals surface area contributed by atoms with Crippen LogP contribution >= 0.6 is 0 Å². The van der Waals surface area contributed by atoms with Crippen molar-refractivity contribution >= 4 is 27.8 Å². The molecule has 0 saturated carbocycles. The van der Waals surface area contributed by atoms with E-state index >= 15 is 0 Å². The normalized spacial score (nSPS) is 13.4. The predicted molar refractivity (Wildman–Crippen MR) is 110 cm³/mol. The zero-order valence-corrected chi connectivity index (χ0v) is 16.3. The molecule has 0 aliphatic heterocycles. The average molecular weight is 390 g/mol. The van der Waals surface area contributed by atoms with E-state index in [2.05, 4.69) is 39.4 Å². The molecule has 0 radical (unpaired) electrons. The van der Waals surface area contributed by atoms with Crippen LogP contribution in [0.2, 0.25) is 0 Å². The number of amides is 1. The zero-order valence-electron chi connectivity index (χ0n) is 16.3. The van der Waals surface area contributed by atoms with Crippen molar-refractivity contribution in [3.63, 3.8) is 0 Å². The minimum absolute atomic E-state index is 0.152. The minimum atomic E-state index is -0.338. The molecular formula is C21H22N6O2. The third-order valence-electron chi connectivity index (χ3n) is 5.15. The van der Waals surface area contributed by atoms with Gasteiger partial charge in [-0.15, -0.1) is 5.10 Å². The van der Waals surface area contributed by atoms with E-state index in [-0.39, 0.29) is 30.0 Å². The standard InChI is InChI=1S/C21H22N6O2/c1-3-13(2)19(20-22-16-10-6-7-11-17(16)23-20)24-18(28)12-27-21(29)14-8-4-5-9-15(14)25-26-27/h4-11,13,19H,3,12H2,1-2H3,(H,22,23)(H,24,28)/t13-,19+/m1/s1. The molecular weight excluding hydrogens is 368 g/mol. The van der Waals surface area contributed by atoms with Gasteiger partial charge in [0.25, 0.3) is 5.56 Å². The number of aromatic amines is 1. The van der Waals surface area contributed by atoms with E-state index in [0.717, 1.165) is 22.1 Å². The van der Waals surface area contributed by atoms with Crippen molar-refractivity contribution in [1.82, 2.24) is 30.3 Å². The van der Waals surface area contributed by atoms with Gasteiger partial charge in [0.15, 0.2) is 0 Å². The van der Waals surface area contributed by atoms with Gasteiger partial charge >= 0.3 is 0 Å². The van der Waals surface area contributed by atoms with Gasteiger partial charge in [0.2, 0.25) is 5.91 Å². The molecule has 8 nitrogen and oxygen atoms in total. The molecule has 2 heterocycles. The Morgan fingerprint density at radius 1 is 1.14 bits per heavy atom. The maximum atomic E-state index is 12.7. The van der Waals surface area contributed by atoms with E-state index in [9.17, 15) is 9.59 Å². The van der Waals surface area contributed by atoms with Crippen LogP contribution < -0.4 is 10.9 Å². The number of hydrogen-bond donors (Lipinski definition) is 2. The Morgan fingerprint density at radius 2 is 1.86 bits per heavy atom. The SMILES string of the molecule is CC[C@@H](C)[C@H](NC(=O)Cn1nnc2ccccc2c1=O)c1nc2ccccc2[nH]1. The highest BCUT2D eigenvalue weighted by atomic mass is 16.2. The maximum absolute atomic E-state index is 12.7. The molecule has 0 unspecified atom stereocenters. The first-order valence-corrected chi connectivity index (χ1v) is 9.63. The molecule has 0 fully saturated rings. The number of fused-ring (bicyclic) bond motifs is 2. The average Bonchev–Trinajstić information content (AvgIpc) is 3.17.